The first kappa shape index (κ1) is 12.3. The van der Waals surface area contributed by atoms with Crippen molar-refractivity contribution in [3.05, 3.63) is 24.0 Å². The molecule has 4 heteroatoms. The van der Waals surface area contributed by atoms with Gasteiger partial charge in [0.15, 0.2) is 0 Å². The fourth-order valence-corrected chi connectivity index (χ4v) is 1.95. The summed E-state index contributed by atoms with van der Waals surface area (Å²) in [5.74, 6) is 0.446. The van der Waals surface area contributed by atoms with Gasteiger partial charge in [0.05, 0.1) is 31.2 Å². The van der Waals surface area contributed by atoms with Crippen LogP contribution in [-0.2, 0) is 4.74 Å². The minimum Gasteiger partial charge on any atom is -0.389 e. The molecule has 1 aromatic heterocycles. The van der Waals surface area contributed by atoms with Crippen LogP contribution in [0.25, 0.3) is 0 Å². The fraction of sp³-hybridized carbons (Fsp3) is 0.615. The highest BCUT2D eigenvalue weighted by molar-refractivity contribution is 5.45. The van der Waals surface area contributed by atoms with Gasteiger partial charge in [-0.25, -0.2) is 0 Å². The Morgan fingerprint density at radius 2 is 2.29 bits per heavy atom. The van der Waals surface area contributed by atoms with Crippen LogP contribution in [0, 0.1) is 0 Å². The minimum absolute atomic E-state index is 0.415. The molecule has 0 amide bonds. The third-order valence-corrected chi connectivity index (χ3v) is 2.97. The Labute approximate surface area is 102 Å². The van der Waals surface area contributed by atoms with Crippen LogP contribution in [0.15, 0.2) is 18.3 Å². The van der Waals surface area contributed by atoms with Crippen molar-refractivity contribution in [2.45, 2.75) is 25.9 Å². The number of rotatable bonds is 2. The molecule has 1 N–H and O–H groups in total. The Morgan fingerprint density at radius 3 is 2.94 bits per heavy atom. The molecule has 17 heavy (non-hydrogen) atoms. The summed E-state index contributed by atoms with van der Waals surface area (Å²) < 4.78 is 5.31. The number of aromatic nitrogens is 1. The first-order chi connectivity index (χ1) is 8.16. The number of hydrogen-bond donors (Lipinski definition) is 1. The Bertz CT molecular complexity index is 351. The predicted octanol–water partition coefficient (Wildman–Crippen LogP) is 1.40. The van der Waals surface area contributed by atoms with E-state index in [9.17, 15) is 5.11 Å². The molecule has 2 rings (SSSR count). The summed E-state index contributed by atoms with van der Waals surface area (Å²) in [4.78, 5) is 6.56. The second-order valence-corrected chi connectivity index (χ2v) is 4.77. The van der Waals surface area contributed by atoms with Crippen LogP contribution in [0.3, 0.4) is 0 Å². The van der Waals surface area contributed by atoms with Crippen molar-refractivity contribution in [2.24, 2.45) is 0 Å². The summed E-state index contributed by atoms with van der Waals surface area (Å²) in [7, 11) is 0. The lowest BCUT2D eigenvalue weighted by Crippen LogP contribution is -2.32. The molecule has 1 aliphatic rings. The topological polar surface area (TPSA) is 45.6 Å². The van der Waals surface area contributed by atoms with Crippen LogP contribution in [0.2, 0.25) is 0 Å². The van der Waals surface area contributed by atoms with Gasteiger partial charge in [-0.2, -0.15) is 0 Å². The molecule has 4 nitrogen and oxygen atoms in total. The zero-order valence-corrected chi connectivity index (χ0v) is 10.5. The maximum Gasteiger partial charge on any atom is 0.0948 e. The first-order valence-electron chi connectivity index (χ1n) is 6.13. The van der Waals surface area contributed by atoms with E-state index in [0.717, 1.165) is 17.9 Å². The quantitative estimate of drug-likeness (QED) is 0.843. The standard InChI is InChI=1S/C13H20N2O2/c1-10(2)13-4-3-11(7-14-13)15-5-6-17-9-12(16)8-15/h3-4,7,10,12,16H,5-6,8-9H2,1-2H3/t12-/m1/s1. The normalized spacial score (nSPS) is 21.6. The van der Waals surface area contributed by atoms with Crippen LogP contribution >= 0.6 is 0 Å². The third-order valence-electron chi connectivity index (χ3n) is 2.97. The Hall–Kier alpha value is -1.13. The molecular weight excluding hydrogens is 216 g/mol. The first-order valence-corrected chi connectivity index (χ1v) is 6.13. The smallest absolute Gasteiger partial charge is 0.0948 e. The highest BCUT2D eigenvalue weighted by Gasteiger charge is 2.16. The number of aliphatic hydroxyl groups excluding tert-OH is 1. The lowest BCUT2D eigenvalue weighted by molar-refractivity contribution is 0.0597. The number of aliphatic hydroxyl groups is 1. The van der Waals surface area contributed by atoms with E-state index in [1.807, 2.05) is 6.20 Å². The average Bonchev–Trinajstić information content (AvgIpc) is 2.54. The van der Waals surface area contributed by atoms with Crippen molar-refractivity contribution >= 4 is 5.69 Å². The molecule has 1 aromatic rings. The fourth-order valence-electron chi connectivity index (χ4n) is 1.95. The van der Waals surface area contributed by atoms with E-state index >= 15 is 0 Å². The van der Waals surface area contributed by atoms with E-state index in [4.69, 9.17) is 4.74 Å². The summed E-state index contributed by atoms with van der Waals surface area (Å²) in [6.45, 7) is 6.76. The SMILES string of the molecule is CC(C)c1ccc(N2CCOC[C@H](O)C2)cn1. The van der Waals surface area contributed by atoms with E-state index in [2.05, 4.69) is 35.9 Å². The van der Waals surface area contributed by atoms with Gasteiger partial charge in [-0.15, -0.1) is 0 Å². The van der Waals surface area contributed by atoms with Crippen LogP contribution in [0.5, 0.6) is 0 Å². The van der Waals surface area contributed by atoms with Gasteiger partial charge in [-0.3, -0.25) is 4.98 Å². The maximum atomic E-state index is 9.68. The van der Waals surface area contributed by atoms with E-state index in [1.165, 1.54) is 0 Å². The maximum absolute atomic E-state index is 9.68. The van der Waals surface area contributed by atoms with E-state index in [0.29, 0.717) is 25.7 Å². The molecule has 0 saturated carbocycles. The van der Waals surface area contributed by atoms with Crippen molar-refractivity contribution in [3.63, 3.8) is 0 Å². The summed E-state index contributed by atoms with van der Waals surface area (Å²) >= 11 is 0. The largest absolute Gasteiger partial charge is 0.389 e. The van der Waals surface area contributed by atoms with Gasteiger partial charge in [0.1, 0.15) is 0 Å². The molecule has 1 fully saturated rings. The van der Waals surface area contributed by atoms with Gasteiger partial charge in [-0.05, 0) is 18.1 Å². The van der Waals surface area contributed by atoms with Crippen molar-refractivity contribution < 1.29 is 9.84 Å². The monoisotopic (exact) mass is 236 g/mol. The summed E-state index contributed by atoms with van der Waals surface area (Å²) in [5, 5.41) is 9.68. The zero-order chi connectivity index (χ0) is 12.3. The third kappa shape index (κ3) is 3.17. The van der Waals surface area contributed by atoms with E-state index < -0.39 is 6.10 Å². The Kier molecular flexibility index (Phi) is 3.97. The number of pyridine rings is 1. The number of β-amino-alcohol motifs (C(OH)–C–C–N with tert-alkyl or cyclic N) is 1. The number of nitrogens with zero attached hydrogens (tertiary/aromatic N) is 2. The van der Waals surface area contributed by atoms with Gasteiger partial charge in [0.25, 0.3) is 0 Å². The van der Waals surface area contributed by atoms with E-state index in [1.54, 1.807) is 0 Å². The van der Waals surface area contributed by atoms with E-state index in [-0.39, 0.29) is 0 Å². The summed E-state index contributed by atoms with van der Waals surface area (Å²) in [6, 6.07) is 4.12. The van der Waals surface area contributed by atoms with Crippen LogP contribution in [0.1, 0.15) is 25.5 Å². The van der Waals surface area contributed by atoms with Gasteiger partial charge in [0, 0.05) is 18.8 Å². The van der Waals surface area contributed by atoms with Crippen LogP contribution < -0.4 is 4.90 Å². The molecule has 94 valence electrons. The van der Waals surface area contributed by atoms with Gasteiger partial charge in [0.2, 0.25) is 0 Å². The van der Waals surface area contributed by atoms with Gasteiger partial charge in [-0.1, -0.05) is 13.8 Å². The van der Waals surface area contributed by atoms with Crippen LogP contribution in [0.4, 0.5) is 5.69 Å². The summed E-state index contributed by atoms with van der Waals surface area (Å²) in [5.41, 5.74) is 2.15. The highest BCUT2D eigenvalue weighted by Crippen LogP contribution is 2.18. The van der Waals surface area contributed by atoms with Crippen LogP contribution in [-0.4, -0.2) is 42.5 Å². The second-order valence-electron chi connectivity index (χ2n) is 4.77. The average molecular weight is 236 g/mol. The molecule has 1 aliphatic heterocycles. The Morgan fingerprint density at radius 1 is 1.47 bits per heavy atom. The number of ether oxygens (including phenoxy) is 1. The molecule has 0 spiro atoms. The molecule has 0 unspecified atom stereocenters. The second kappa shape index (κ2) is 5.47. The molecule has 1 atom stereocenters. The minimum atomic E-state index is -0.415. The lowest BCUT2D eigenvalue weighted by Gasteiger charge is -2.23. The lowest BCUT2D eigenvalue weighted by atomic mass is 10.1. The molecule has 1 saturated heterocycles. The van der Waals surface area contributed by atoms with Crippen molar-refractivity contribution in [1.29, 1.82) is 0 Å². The molecule has 0 radical (unpaired) electrons. The van der Waals surface area contributed by atoms with Gasteiger partial charge < -0.3 is 14.7 Å². The molecule has 0 aliphatic carbocycles. The van der Waals surface area contributed by atoms with Crippen molar-refractivity contribution in [1.82, 2.24) is 4.98 Å². The van der Waals surface area contributed by atoms with Crippen molar-refractivity contribution in [2.75, 3.05) is 31.2 Å². The summed E-state index contributed by atoms with van der Waals surface area (Å²) in [6.07, 6.45) is 1.47. The number of hydrogen-bond acceptors (Lipinski definition) is 4. The molecule has 0 aromatic carbocycles. The zero-order valence-electron chi connectivity index (χ0n) is 10.5. The highest BCUT2D eigenvalue weighted by atomic mass is 16.5. The van der Waals surface area contributed by atoms with Gasteiger partial charge >= 0.3 is 0 Å². The molecule has 0 bridgehead atoms. The Balaban J connectivity index is 2.10. The number of anilines is 1. The molecular formula is C13H20N2O2. The molecule has 2 heterocycles. The predicted molar refractivity (Wildman–Crippen MR) is 67.4 cm³/mol. The van der Waals surface area contributed by atoms with Crippen molar-refractivity contribution in [3.8, 4) is 0 Å².